The molecule has 0 spiro atoms. The fraction of sp³-hybridized carbons (Fsp3) is 0.278. The zero-order valence-electron chi connectivity index (χ0n) is 14.2. The third kappa shape index (κ3) is 3.78. The highest BCUT2D eigenvalue weighted by Gasteiger charge is 2.16. The Kier molecular flexibility index (Phi) is 6.03. The molecule has 0 aliphatic rings. The molecule has 2 rings (SSSR count). The molecule has 0 aliphatic carbocycles. The lowest BCUT2D eigenvalue weighted by atomic mass is 10.1. The highest BCUT2D eigenvalue weighted by atomic mass is 16.7. The maximum Gasteiger partial charge on any atom is 0.259 e. The lowest BCUT2D eigenvalue weighted by Gasteiger charge is -2.16. The van der Waals surface area contributed by atoms with Crippen LogP contribution in [0, 0.1) is 6.92 Å². The van der Waals surface area contributed by atoms with Gasteiger partial charge in [0.15, 0.2) is 18.3 Å². The van der Waals surface area contributed by atoms with Crippen LogP contribution in [0.3, 0.4) is 0 Å². The molecule has 1 amide bonds. The van der Waals surface area contributed by atoms with Crippen LogP contribution in [0.4, 0.5) is 5.69 Å². The molecule has 0 bridgehead atoms. The first-order valence-corrected chi connectivity index (χ1v) is 7.36. The lowest BCUT2D eigenvalue weighted by Crippen LogP contribution is -2.14. The van der Waals surface area contributed by atoms with E-state index >= 15 is 0 Å². The number of rotatable bonds is 7. The molecule has 0 radical (unpaired) electrons. The molecule has 2 aromatic rings. The molecule has 0 saturated heterocycles. The Labute approximate surface area is 141 Å². The Hall–Kier alpha value is -2.73. The lowest BCUT2D eigenvalue weighted by molar-refractivity contribution is 0.0487. The SMILES string of the molecule is COCOc1c(OC)ccc(NC(=O)c2ccccc2OC)c1C. The number of carbonyl (C=O) groups is 1. The van der Waals surface area contributed by atoms with Crippen LogP contribution in [-0.4, -0.2) is 34.0 Å². The topological polar surface area (TPSA) is 66.0 Å². The van der Waals surface area contributed by atoms with Gasteiger partial charge in [0.2, 0.25) is 0 Å². The molecule has 0 unspecified atom stereocenters. The highest BCUT2D eigenvalue weighted by Crippen LogP contribution is 2.36. The summed E-state index contributed by atoms with van der Waals surface area (Å²) in [4.78, 5) is 12.5. The van der Waals surface area contributed by atoms with E-state index in [9.17, 15) is 4.79 Å². The van der Waals surface area contributed by atoms with Crippen molar-refractivity contribution in [1.29, 1.82) is 0 Å². The molecule has 0 aromatic heterocycles. The van der Waals surface area contributed by atoms with E-state index < -0.39 is 0 Å². The van der Waals surface area contributed by atoms with E-state index in [-0.39, 0.29) is 12.7 Å². The Morgan fingerprint density at radius 1 is 1.00 bits per heavy atom. The van der Waals surface area contributed by atoms with Crippen molar-refractivity contribution >= 4 is 11.6 Å². The Morgan fingerprint density at radius 3 is 2.38 bits per heavy atom. The van der Waals surface area contributed by atoms with Crippen molar-refractivity contribution in [2.75, 3.05) is 33.4 Å². The van der Waals surface area contributed by atoms with Crippen LogP contribution in [0.25, 0.3) is 0 Å². The number of anilines is 1. The van der Waals surface area contributed by atoms with Crippen molar-refractivity contribution in [3.63, 3.8) is 0 Å². The first kappa shape index (κ1) is 17.6. The van der Waals surface area contributed by atoms with Crippen LogP contribution in [0.5, 0.6) is 17.2 Å². The second-order valence-corrected chi connectivity index (χ2v) is 4.97. The molecule has 1 N–H and O–H groups in total. The summed E-state index contributed by atoms with van der Waals surface area (Å²) in [5, 5.41) is 2.87. The number of benzene rings is 2. The minimum Gasteiger partial charge on any atom is -0.496 e. The molecular weight excluding hydrogens is 310 g/mol. The van der Waals surface area contributed by atoms with Gasteiger partial charge in [0.25, 0.3) is 5.91 Å². The van der Waals surface area contributed by atoms with Crippen molar-refractivity contribution in [3.8, 4) is 17.2 Å². The van der Waals surface area contributed by atoms with Gasteiger partial charge in [0, 0.05) is 18.4 Å². The zero-order valence-corrected chi connectivity index (χ0v) is 14.2. The quantitative estimate of drug-likeness (QED) is 0.789. The van der Waals surface area contributed by atoms with Crippen LogP contribution in [0.2, 0.25) is 0 Å². The molecule has 0 fully saturated rings. The van der Waals surface area contributed by atoms with E-state index in [1.165, 1.54) is 14.2 Å². The largest absolute Gasteiger partial charge is 0.496 e. The molecule has 24 heavy (non-hydrogen) atoms. The fourth-order valence-corrected chi connectivity index (χ4v) is 2.28. The fourth-order valence-electron chi connectivity index (χ4n) is 2.28. The van der Waals surface area contributed by atoms with Crippen LogP contribution in [-0.2, 0) is 4.74 Å². The van der Waals surface area contributed by atoms with E-state index in [0.29, 0.717) is 28.5 Å². The third-order valence-electron chi connectivity index (χ3n) is 3.51. The molecule has 6 heteroatoms. The van der Waals surface area contributed by atoms with Crippen molar-refractivity contribution in [2.24, 2.45) is 0 Å². The van der Waals surface area contributed by atoms with Gasteiger partial charge in [-0.25, -0.2) is 0 Å². The van der Waals surface area contributed by atoms with Crippen molar-refractivity contribution in [1.82, 2.24) is 0 Å². The zero-order chi connectivity index (χ0) is 17.5. The summed E-state index contributed by atoms with van der Waals surface area (Å²) >= 11 is 0. The number of nitrogens with one attached hydrogen (secondary N) is 1. The van der Waals surface area contributed by atoms with E-state index in [1.807, 2.05) is 13.0 Å². The Morgan fingerprint density at radius 2 is 1.71 bits per heavy atom. The molecule has 6 nitrogen and oxygen atoms in total. The third-order valence-corrected chi connectivity index (χ3v) is 3.51. The highest BCUT2D eigenvalue weighted by molar-refractivity contribution is 6.06. The number of ether oxygens (including phenoxy) is 4. The molecule has 0 atom stereocenters. The van der Waals surface area contributed by atoms with Crippen LogP contribution >= 0.6 is 0 Å². The first-order valence-electron chi connectivity index (χ1n) is 7.36. The number of hydrogen-bond acceptors (Lipinski definition) is 5. The van der Waals surface area contributed by atoms with E-state index in [4.69, 9.17) is 18.9 Å². The molecule has 0 heterocycles. The number of hydrogen-bond donors (Lipinski definition) is 1. The normalized spacial score (nSPS) is 10.2. The summed E-state index contributed by atoms with van der Waals surface area (Å²) < 4.78 is 21.0. The van der Waals surface area contributed by atoms with Gasteiger partial charge in [-0.05, 0) is 31.2 Å². The van der Waals surface area contributed by atoms with E-state index in [1.54, 1.807) is 37.4 Å². The second kappa shape index (κ2) is 8.21. The first-order chi connectivity index (χ1) is 11.6. The van der Waals surface area contributed by atoms with Crippen molar-refractivity contribution in [3.05, 3.63) is 47.5 Å². The maximum absolute atomic E-state index is 12.5. The number of para-hydroxylation sites is 1. The molecule has 2 aromatic carbocycles. The molecule has 0 saturated carbocycles. The van der Waals surface area contributed by atoms with Gasteiger partial charge in [0.05, 0.1) is 19.8 Å². The van der Waals surface area contributed by atoms with E-state index in [2.05, 4.69) is 5.32 Å². The van der Waals surface area contributed by atoms with Crippen molar-refractivity contribution < 1.29 is 23.7 Å². The summed E-state index contributed by atoms with van der Waals surface area (Å²) in [5.74, 6) is 1.34. The second-order valence-electron chi connectivity index (χ2n) is 4.97. The average Bonchev–Trinajstić information content (AvgIpc) is 2.62. The molecule has 0 aliphatic heterocycles. The summed E-state index contributed by atoms with van der Waals surface area (Å²) in [7, 11) is 4.62. The summed E-state index contributed by atoms with van der Waals surface area (Å²) in [6, 6.07) is 10.5. The van der Waals surface area contributed by atoms with Crippen LogP contribution in [0.15, 0.2) is 36.4 Å². The van der Waals surface area contributed by atoms with Crippen LogP contribution in [0.1, 0.15) is 15.9 Å². The van der Waals surface area contributed by atoms with Gasteiger partial charge < -0.3 is 24.3 Å². The standard InChI is InChI=1S/C18H21NO5/c1-12-14(9-10-16(23-4)17(12)24-11-21-2)19-18(20)13-7-5-6-8-15(13)22-3/h5-10H,11H2,1-4H3,(H,19,20). The predicted octanol–water partition coefficient (Wildman–Crippen LogP) is 3.25. The van der Waals surface area contributed by atoms with Crippen LogP contribution < -0.4 is 19.5 Å². The van der Waals surface area contributed by atoms with Gasteiger partial charge in [-0.15, -0.1) is 0 Å². The Balaban J connectivity index is 2.30. The van der Waals surface area contributed by atoms with Gasteiger partial charge >= 0.3 is 0 Å². The number of carbonyl (C=O) groups excluding carboxylic acids is 1. The van der Waals surface area contributed by atoms with Crippen molar-refractivity contribution in [2.45, 2.75) is 6.92 Å². The molecule has 128 valence electrons. The molecular formula is C18H21NO5. The van der Waals surface area contributed by atoms with E-state index in [0.717, 1.165) is 5.56 Å². The minimum atomic E-state index is -0.265. The van der Waals surface area contributed by atoms with Gasteiger partial charge in [-0.3, -0.25) is 4.79 Å². The average molecular weight is 331 g/mol. The Bertz CT molecular complexity index is 715. The minimum absolute atomic E-state index is 0.0844. The van der Waals surface area contributed by atoms with Gasteiger partial charge in [-0.1, -0.05) is 12.1 Å². The number of methoxy groups -OCH3 is 3. The monoisotopic (exact) mass is 331 g/mol. The summed E-state index contributed by atoms with van der Waals surface area (Å²) in [5.41, 5.74) is 1.82. The predicted molar refractivity (Wildman–Crippen MR) is 91.2 cm³/mol. The van der Waals surface area contributed by atoms with Gasteiger partial charge in [-0.2, -0.15) is 0 Å². The van der Waals surface area contributed by atoms with Gasteiger partial charge in [0.1, 0.15) is 5.75 Å². The maximum atomic E-state index is 12.5. The smallest absolute Gasteiger partial charge is 0.259 e. The summed E-state index contributed by atoms with van der Waals surface area (Å²) in [6.07, 6.45) is 0. The number of amides is 1. The summed E-state index contributed by atoms with van der Waals surface area (Å²) in [6.45, 7) is 1.92.